The van der Waals surface area contributed by atoms with Crippen LogP contribution in [-0.2, 0) is 4.79 Å². The first-order valence-electron chi connectivity index (χ1n) is 9.01. The molecule has 142 valence electrons. The predicted molar refractivity (Wildman–Crippen MR) is 107 cm³/mol. The Hall–Kier alpha value is -2.53. The summed E-state index contributed by atoms with van der Waals surface area (Å²) in [5.41, 5.74) is 2.12. The largest absolute Gasteiger partial charge is 0.491 e. The number of rotatable bonds is 6. The van der Waals surface area contributed by atoms with Crippen molar-refractivity contribution in [2.24, 2.45) is 0 Å². The van der Waals surface area contributed by atoms with Crippen LogP contribution < -0.4 is 9.64 Å². The molecule has 0 N–H and O–H groups in total. The van der Waals surface area contributed by atoms with E-state index in [1.807, 2.05) is 31.2 Å². The third-order valence-corrected chi connectivity index (χ3v) is 4.91. The summed E-state index contributed by atoms with van der Waals surface area (Å²) in [6, 6.07) is 12.8. The van der Waals surface area contributed by atoms with Crippen molar-refractivity contribution in [3.05, 3.63) is 58.6 Å². The first kappa shape index (κ1) is 19.2. The molecule has 6 heteroatoms. The molecule has 0 aromatic heterocycles. The Bertz CT molecular complexity index is 853. The number of benzene rings is 2. The van der Waals surface area contributed by atoms with Gasteiger partial charge in [-0.1, -0.05) is 29.8 Å². The summed E-state index contributed by atoms with van der Waals surface area (Å²) >= 11 is 6.11. The monoisotopic (exact) mass is 386 g/mol. The molecule has 0 aliphatic carbocycles. The number of halogens is 1. The lowest BCUT2D eigenvalue weighted by Crippen LogP contribution is -2.33. The van der Waals surface area contributed by atoms with E-state index in [0.717, 1.165) is 17.7 Å². The van der Waals surface area contributed by atoms with Crippen LogP contribution in [0.5, 0.6) is 5.75 Å². The molecule has 0 radical (unpaired) electrons. The molecule has 0 spiro atoms. The van der Waals surface area contributed by atoms with Gasteiger partial charge in [0.25, 0.3) is 5.91 Å². The van der Waals surface area contributed by atoms with Crippen LogP contribution >= 0.6 is 11.6 Å². The number of likely N-dealkylation sites (N-methyl/N-ethyl adjacent to an activating group) is 1. The SMILES string of the molecule is Cc1ccccc1OCCN(C)C(=O)c1ccc(Cl)cc1N1CCCC1=O. The third-order valence-electron chi connectivity index (χ3n) is 4.68. The Balaban J connectivity index is 1.69. The van der Waals surface area contributed by atoms with Gasteiger partial charge in [0.1, 0.15) is 12.4 Å². The van der Waals surface area contributed by atoms with E-state index in [1.54, 1.807) is 35.0 Å². The molecule has 0 atom stereocenters. The van der Waals surface area contributed by atoms with E-state index in [-0.39, 0.29) is 11.8 Å². The number of ether oxygens (including phenoxy) is 1. The van der Waals surface area contributed by atoms with Crippen molar-refractivity contribution in [1.82, 2.24) is 4.90 Å². The number of hydrogen-bond donors (Lipinski definition) is 0. The van der Waals surface area contributed by atoms with Crippen LogP contribution in [0.4, 0.5) is 5.69 Å². The number of nitrogens with zero attached hydrogens (tertiary/aromatic N) is 2. The Kier molecular flexibility index (Phi) is 6.01. The number of anilines is 1. The van der Waals surface area contributed by atoms with E-state index in [9.17, 15) is 9.59 Å². The second-order valence-corrected chi connectivity index (χ2v) is 7.09. The van der Waals surface area contributed by atoms with Crippen LogP contribution in [0, 0.1) is 6.92 Å². The van der Waals surface area contributed by atoms with E-state index < -0.39 is 0 Å². The van der Waals surface area contributed by atoms with Gasteiger partial charge in [0.2, 0.25) is 5.91 Å². The number of carbonyl (C=O) groups excluding carboxylic acids is 2. The van der Waals surface area contributed by atoms with Crippen molar-refractivity contribution in [2.75, 3.05) is 31.6 Å². The maximum atomic E-state index is 12.9. The fourth-order valence-corrected chi connectivity index (χ4v) is 3.30. The lowest BCUT2D eigenvalue weighted by molar-refractivity contribution is -0.117. The van der Waals surface area contributed by atoms with Gasteiger partial charge in [-0.15, -0.1) is 0 Å². The minimum Gasteiger partial charge on any atom is -0.491 e. The first-order chi connectivity index (χ1) is 13.0. The molecule has 3 rings (SSSR count). The molecule has 0 saturated carbocycles. The maximum absolute atomic E-state index is 12.9. The molecular formula is C21H23ClN2O3. The van der Waals surface area contributed by atoms with Crippen LogP contribution in [0.15, 0.2) is 42.5 Å². The second kappa shape index (κ2) is 8.44. The van der Waals surface area contributed by atoms with E-state index in [0.29, 0.717) is 42.4 Å². The number of carbonyl (C=O) groups is 2. The molecule has 1 fully saturated rings. The summed E-state index contributed by atoms with van der Waals surface area (Å²) in [5.74, 6) is 0.680. The average molecular weight is 387 g/mol. The summed E-state index contributed by atoms with van der Waals surface area (Å²) in [6.07, 6.45) is 1.29. The number of hydrogen-bond acceptors (Lipinski definition) is 3. The molecule has 2 amide bonds. The summed E-state index contributed by atoms with van der Waals surface area (Å²) < 4.78 is 5.78. The van der Waals surface area contributed by atoms with Gasteiger partial charge in [-0.05, 0) is 43.2 Å². The topological polar surface area (TPSA) is 49.9 Å². The van der Waals surface area contributed by atoms with Crippen LogP contribution in [0.3, 0.4) is 0 Å². The number of aryl methyl sites for hydroxylation is 1. The summed E-state index contributed by atoms with van der Waals surface area (Å²) in [6.45, 7) is 3.42. The van der Waals surface area contributed by atoms with Gasteiger partial charge in [0, 0.05) is 25.0 Å². The van der Waals surface area contributed by atoms with Crippen molar-refractivity contribution in [3.8, 4) is 5.75 Å². The van der Waals surface area contributed by atoms with Crippen molar-refractivity contribution >= 4 is 29.1 Å². The van der Waals surface area contributed by atoms with Crippen molar-refractivity contribution in [3.63, 3.8) is 0 Å². The van der Waals surface area contributed by atoms with Crippen LogP contribution in [0.2, 0.25) is 5.02 Å². The molecule has 0 bridgehead atoms. The van der Waals surface area contributed by atoms with Crippen molar-refractivity contribution in [2.45, 2.75) is 19.8 Å². The van der Waals surface area contributed by atoms with Gasteiger partial charge in [0.15, 0.2) is 0 Å². The van der Waals surface area contributed by atoms with Crippen LogP contribution in [-0.4, -0.2) is 43.5 Å². The minimum absolute atomic E-state index is 0.0249. The van der Waals surface area contributed by atoms with Crippen molar-refractivity contribution < 1.29 is 14.3 Å². The normalized spacial score (nSPS) is 13.7. The molecule has 27 heavy (non-hydrogen) atoms. The highest BCUT2D eigenvalue weighted by Crippen LogP contribution is 2.29. The molecule has 1 aliphatic rings. The van der Waals surface area contributed by atoms with Gasteiger partial charge in [0.05, 0.1) is 17.8 Å². The summed E-state index contributed by atoms with van der Waals surface area (Å²) in [7, 11) is 1.73. The van der Waals surface area contributed by atoms with Gasteiger partial charge in [-0.3, -0.25) is 9.59 Å². The molecule has 1 saturated heterocycles. The van der Waals surface area contributed by atoms with Gasteiger partial charge >= 0.3 is 0 Å². The molecule has 1 heterocycles. The van der Waals surface area contributed by atoms with E-state index in [2.05, 4.69) is 0 Å². The molecule has 5 nitrogen and oxygen atoms in total. The smallest absolute Gasteiger partial charge is 0.255 e. The van der Waals surface area contributed by atoms with Gasteiger partial charge < -0.3 is 14.5 Å². The Morgan fingerprint density at radius 2 is 2.04 bits per heavy atom. The standard InChI is InChI=1S/C21H23ClN2O3/c1-15-6-3-4-7-19(15)27-13-12-23(2)21(26)17-10-9-16(22)14-18(17)24-11-5-8-20(24)25/h3-4,6-7,9-10,14H,5,8,11-13H2,1-2H3. The highest BCUT2D eigenvalue weighted by molar-refractivity contribution is 6.31. The van der Waals surface area contributed by atoms with E-state index in [1.165, 1.54) is 0 Å². The fraction of sp³-hybridized carbons (Fsp3) is 0.333. The van der Waals surface area contributed by atoms with Gasteiger partial charge in [-0.25, -0.2) is 0 Å². The maximum Gasteiger partial charge on any atom is 0.255 e. The number of para-hydroxylation sites is 1. The van der Waals surface area contributed by atoms with Crippen molar-refractivity contribution in [1.29, 1.82) is 0 Å². The lowest BCUT2D eigenvalue weighted by atomic mass is 10.1. The Morgan fingerprint density at radius 1 is 1.26 bits per heavy atom. The Morgan fingerprint density at radius 3 is 2.74 bits per heavy atom. The minimum atomic E-state index is -0.158. The van der Waals surface area contributed by atoms with Gasteiger partial charge in [-0.2, -0.15) is 0 Å². The highest BCUT2D eigenvalue weighted by atomic mass is 35.5. The predicted octanol–water partition coefficient (Wildman–Crippen LogP) is 3.93. The fourth-order valence-electron chi connectivity index (χ4n) is 3.13. The molecule has 1 aliphatic heterocycles. The third kappa shape index (κ3) is 4.42. The van der Waals surface area contributed by atoms with E-state index >= 15 is 0 Å². The first-order valence-corrected chi connectivity index (χ1v) is 9.39. The molecule has 2 aromatic carbocycles. The van der Waals surface area contributed by atoms with Crippen LogP contribution in [0.25, 0.3) is 0 Å². The summed E-state index contributed by atoms with van der Waals surface area (Å²) in [4.78, 5) is 28.3. The Labute approximate surface area is 164 Å². The molecule has 2 aromatic rings. The zero-order chi connectivity index (χ0) is 19.4. The zero-order valence-corrected chi connectivity index (χ0v) is 16.3. The molecule has 0 unspecified atom stereocenters. The second-order valence-electron chi connectivity index (χ2n) is 6.65. The average Bonchev–Trinajstić information content (AvgIpc) is 3.08. The highest BCUT2D eigenvalue weighted by Gasteiger charge is 2.27. The molecular weight excluding hydrogens is 364 g/mol. The van der Waals surface area contributed by atoms with Crippen LogP contribution in [0.1, 0.15) is 28.8 Å². The summed E-state index contributed by atoms with van der Waals surface area (Å²) in [5, 5.41) is 0.506. The number of amides is 2. The van der Waals surface area contributed by atoms with E-state index in [4.69, 9.17) is 16.3 Å². The quantitative estimate of drug-likeness (QED) is 0.755. The zero-order valence-electron chi connectivity index (χ0n) is 15.6. The lowest BCUT2D eigenvalue weighted by Gasteiger charge is -2.23.